The topological polar surface area (TPSA) is 26.3 Å². The van der Waals surface area contributed by atoms with E-state index in [1.807, 2.05) is 6.08 Å². The summed E-state index contributed by atoms with van der Waals surface area (Å²) < 4.78 is 5.34. The highest BCUT2D eigenvalue weighted by Crippen LogP contribution is 2.16. The van der Waals surface area contributed by atoms with Gasteiger partial charge in [0.1, 0.15) is 6.61 Å². The number of hydrogen-bond donors (Lipinski definition) is 0. The number of carbonyl (C=O) groups is 1. The maximum atomic E-state index is 11.6. The van der Waals surface area contributed by atoms with Gasteiger partial charge in [-0.15, -0.1) is 0 Å². The van der Waals surface area contributed by atoms with E-state index in [0.717, 1.165) is 37.7 Å². The number of unbranched alkanes of at least 4 members (excludes halogenated alkanes) is 1. The second-order valence-electron chi connectivity index (χ2n) is 5.01. The first-order chi connectivity index (χ1) is 9.71. The summed E-state index contributed by atoms with van der Waals surface area (Å²) in [5.74, 6) is -0.247. The van der Waals surface area contributed by atoms with E-state index in [1.165, 1.54) is 17.2 Å². The summed E-state index contributed by atoms with van der Waals surface area (Å²) in [6.07, 6.45) is 8.50. The van der Waals surface area contributed by atoms with E-state index >= 15 is 0 Å². The van der Waals surface area contributed by atoms with E-state index < -0.39 is 0 Å². The molecule has 0 aromatic heterocycles. The first-order valence-electron chi connectivity index (χ1n) is 7.65. The molecule has 0 bridgehead atoms. The van der Waals surface area contributed by atoms with Gasteiger partial charge in [0, 0.05) is 6.08 Å². The second-order valence-corrected chi connectivity index (χ2v) is 5.01. The van der Waals surface area contributed by atoms with Crippen LogP contribution in [0.25, 0.3) is 0 Å². The van der Waals surface area contributed by atoms with Crippen LogP contribution < -0.4 is 0 Å². The fourth-order valence-electron chi connectivity index (χ4n) is 2.09. The van der Waals surface area contributed by atoms with Gasteiger partial charge in [0.25, 0.3) is 0 Å². The molecule has 0 saturated heterocycles. The highest BCUT2D eigenvalue weighted by Gasteiger charge is 2.05. The third kappa shape index (κ3) is 5.60. The zero-order valence-electron chi connectivity index (χ0n) is 12.9. The lowest BCUT2D eigenvalue weighted by Gasteiger charge is -2.11. The summed E-state index contributed by atoms with van der Waals surface area (Å²) in [5.41, 5.74) is 3.72. The second kappa shape index (κ2) is 9.35. The molecule has 0 atom stereocenters. The average Bonchev–Trinajstić information content (AvgIpc) is 2.46. The number of allylic oxidation sites excluding steroid dienone is 1. The van der Waals surface area contributed by atoms with Crippen LogP contribution >= 0.6 is 0 Å². The Bertz CT molecular complexity index is 447. The van der Waals surface area contributed by atoms with Gasteiger partial charge in [0.05, 0.1) is 0 Å². The van der Waals surface area contributed by atoms with Gasteiger partial charge in [0.15, 0.2) is 0 Å². The van der Waals surface area contributed by atoms with Crippen molar-refractivity contribution >= 4 is 5.97 Å². The first kappa shape index (κ1) is 16.5. The van der Waals surface area contributed by atoms with Crippen molar-refractivity contribution in [3.63, 3.8) is 0 Å². The van der Waals surface area contributed by atoms with Crippen molar-refractivity contribution in [1.29, 1.82) is 0 Å². The molecular formula is C18H26O2. The summed E-state index contributed by atoms with van der Waals surface area (Å²) in [4.78, 5) is 11.6. The van der Waals surface area contributed by atoms with Gasteiger partial charge in [-0.05, 0) is 36.0 Å². The molecule has 0 aliphatic heterocycles. The van der Waals surface area contributed by atoms with Crippen LogP contribution in [0.1, 0.15) is 56.7 Å². The summed E-state index contributed by atoms with van der Waals surface area (Å²) in [6, 6.07) is 6.49. The number of esters is 1. The number of aryl methyl sites for hydroxylation is 2. The van der Waals surface area contributed by atoms with Crippen LogP contribution in [0.4, 0.5) is 0 Å². The Balaban J connectivity index is 2.67. The zero-order valence-corrected chi connectivity index (χ0v) is 12.9. The minimum Gasteiger partial charge on any atom is -0.458 e. The molecule has 0 saturated carbocycles. The van der Waals surface area contributed by atoms with E-state index in [1.54, 1.807) is 0 Å². The van der Waals surface area contributed by atoms with Crippen molar-refractivity contribution in [2.45, 2.75) is 59.5 Å². The van der Waals surface area contributed by atoms with Crippen molar-refractivity contribution in [2.24, 2.45) is 0 Å². The third-order valence-corrected chi connectivity index (χ3v) is 3.28. The van der Waals surface area contributed by atoms with Gasteiger partial charge in [-0.25, -0.2) is 4.79 Å². The van der Waals surface area contributed by atoms with E-state index in [9.17, 15) is 4.79 Å². The molecule has 20 heavy (non-hydrogen) atoms. The van der Waals surface area contributed by atoms with Crippen LogP contribution in [0.2, 0.25) is 0 Å². The minimum absolute atomic E-state index is 0.247. The molecule has 0 fully saturated rings. The largest absolute Gasteiger partial charge is 0.458 e. The summed E-state index contributed by atoms with van der Waals surface area (Å²) in [7, 11) is 0. The quantitative estimate of drug-likeness (QED) is 0.511. The summed E-state index contributed by atoms with van der Waals surface area (Å²) in [5, 5.41) is 0. The van der Waals surface area contributed by atoms with Crippen molar-refractivity contribution in [3.8, 4) is 0 Å². The molecule has 0 aliphatic rings. The summed E-state index contributed by atoms with van der Waals surface area (Å²) in [6.45, 7) is 6.76. The molecule has 0 spiro atoms. The maximum absolute atomic E-state index is 11.6. The molecule has 0 N–H and O–H groups in total. The lowest BCUT2D eigenvalue weighted by atomic mass is 10.00. The molecule has 1 aromatic carbocycles. The highest BCUT2D eigenvalue weighted by atomic mass is 16.5. The smallest absolute Gasteiger partial charge is 0.330 e. The molecule has 0 amide bonds. The molecule has 110 valence electrons. The Morgan fingerprint density at radius 3 is 2.60 bits per heavy atom. The Morgan fingerprint density at radius 2 is 1.95 bits per heavy atom. The van der Waals surface area contributed by atoms with E-state index in [2.05, 4.69) is 39.0 Å². The molecular weight excluding hydrogens is 248 g/mol. The summed E-state index contributed by atoms with van der Waals surface area (Å²) >= 11 is 0. The monoisotopic (exact) mass is 274 g/mol. The number of hydrogen-bond acceptors (Lipinski definition) is 2. The fraction of sp³-hybridized carbons (Fsp3) is 0.500. The lowest BCUT2D eigenvalue weighted by Crippen LogP contribution is -2.04. The minimum atomic E-state index is -0.247. The van der Waals surface area contributed by atoms with Gasteiger partial charge in [-0.1, -0.05) is 57.9 Å². The number of carbonyl (C=O) groups excluding carboxylic acids is 1. The van der Waals surface area contributed by atoms with Crippen molar-refractivity contribution < 1.29 is 9.53 Å². The van der Waals surface area contributed by atoms with Gasteiger partial charge in [-0.3, -0.25) is 0 Å². The molecule has 2 heteroatoms. The maximum Gasteiger partial charge on any atom is 0.330 e. The predicted octanol–water partition coefficient (Wildman–Crippen LogP) is 4.60. The Kier molecular flexibility index (Phi) is 7.71. The Labute approximate surface area is 122 Å². The van der Waals surface area contributed by atoms with E-state index in [0.29, 0.717) is 6.61 Å². The molecule has 0 radical (unpaired) electrons. The highest BCUT2D eigenvalue weighted by molar-refractivity contribution is 5.81. The molecule has 0 unspecified atom stereocenters. The molecule has 2 nitrogen and oxygen atoms in total. The SMILES string of the molecule is CCC/C=C/C(=O)OCc1cc(CC)ccc1CCC. The van der Waals surface area contributed by atoms with Crippen LogP contribution in [0, 0.1) is 0 Å². The Hall–Kier alpha value is -1.57. The predicted molar refractivity (Wildman–Crippen MR) is 83.7 cm³/mol. The van der Waals surface area contributed by atoms with Crippen LogP contribution in [-0.2, 0) is 29.0 Å². The molecule has 1 rings (SSSR count). The molecule has 0 heterocycles. The van der Waals surface area contributed by atoms with Crippen molar-refractivity contribution in [2.75, 3.05) is 0 Å². The lowest BCUT2D eigenvalue weighted by molar-refractivity contribution is -0.139. The van der Waals surface area contributed by atoms with E-state index in [-0.39, 0.29) is 5.97 Å². The van der Waals surface area contributed by atoms with Gasteiger partial charge < -0.3 is 4.74 Å². The van der Waals surface area contributed by atoms with Crippen LogP contribution in [0.15, 0.2) is 30.4 Å². The van der Waals surface area contributed by atoms with E-state index in [4.69, 9.17) is 4.74 Å². The van der Waals surface area contributed by atoms with Gasteiger partial charge in [0.2, 0.25) is 0 Å². The fourth-order valence-corrected chi connectivity index (χ4v) is 2.09. The normalized spacial score (nSPS) is 10.9. The molecule has 1 aromatic rings. The first-order valence-corrected chi connectivity index (χ1v) is 7.65. The standard InChI is InChI=1S/C18H26O2/c1-4-7-8-10-18(19)20-14-17-13-15(6-3)11-12-16(17)9-5-2/h8,10-13H,4-7,9,14H2,1-3H3/b10-8+. The third-order valence-electron chi connectivity index (χ3n) is 3.28. The van der Waals surface area contributed by atoms with Crippen molar-refractivity contribution in [3.05, 3.63) is 47.0 Å². The number of benzene rings is 1. The van der Waals surface area contributed by atoms with Crippen molar-refractivity contribution in [1.82, 2.24) is 0 Å². The van der Waals surface area contributed by atoms with Gasteiger partial charge in [-0.2, -0.15) is 0 Å². The zero-order chi connectivity index (χ0) is 14.8. The number of rotatable bonds is 8. The number of ether oxygens (including phenoxy) is 1. The van der Waals surface area contributed by atoms with Gasteiger partial charge >= 0.3 is 5.97 Å². The van der Waals surface area contributed by atoms with Crippen LogP contribution in [0.3, 0.4) is 0 Å². The Morgan fingerprint density at radius 1 is 1.15 bits per heavy atom. The molecule has 0 aliphatic carbocycles. The van der Waals surface area contributed by atoms with Crippen LogP contribution in [0.5, 0.6) is 0 Å². The average molecular weight is 274 g/mol. The van der Waals surface area contributed by atoms with Crippen LogP contribution in [-0.4, -0.2) is 5.97 Å².